The molecule has 1 atom stereocenters. The van der Waals surface area contributed by atoms with Crippen molar-refractivity contribution in [3.8, 4) is 0 Å². The van der Waals surface area contributed by atoms with E-state index in [9.17, 15) is 4.79 Å². The van der Waals surface area contributed by atoms with Gasteiger partial charge < -0.3 is 26.8 Å². The van der Waals surface area contributed by atoms with Gasteiger partial charge in [0.2, 0.25) is 0 Å². The van der Waals surface area contributed by atoms with E-state index in [4.69, 9.17) is 33.5 Å². The fourth-order valence-electron chi connectivity index (χ4n) is 3.57. The summed E-state index contributed by atoms with van der Waals surface area (Å²) in [5, 5.41) is 0.894. The first-order valence-electron chi connectivity index (χ1n) is 8.79. The highest BCUT2D eigenvalue weighted by Crippen LogP contribution is 2.41. The molecule has 2 saturated heterocycles. The van der Waals surface area contributed by atoms with Crippen LogP contribution in [0.5, 0.6) is 0 Å². The highest BCUT2D eigenvalue weighted by molar-refractivity contribution is 7.99. The van der Waals surface area contributed by atoms with E-state index < -0.39 is 5.41 Å². The quantitative estimate of drug-likeness (QED) is 0.619. The molecule has 2 aliphatic rings. The summed E-state index contributed by atoms with van der Waals surface area (Å²) in [5.74, 6) is 1.02. The summed E-state index contributed by atoms with van der Waals surface area (Å²) < 4.78 is 5.15. The molecule has 2 fully saturated rings. The van der Waals surface area contributed by atoms with Gasteiger partial charge in [0.05, 0.1) is 22.7 Å². The molecule has 0 aliphatic carbocycles. The SMILES string of the molecule is Nc1nc(N2CCC3(CC2)C(=O)OCC3N)cnc1Sc1ccnc(N)c1Cl. The van der Waals surface area contributed by atoms with Gasteiger partial charge in [-0.25, -0.2) is 15.0 Å². The Balaban J connectivity index is 1.48. The molecular weight excluding hydrogens is 402 g/mol. The van der Waals surface area contributed by atoms with Gasteiger partial charge in [0.1, 0.15) is 23.3 Å². The van der Waals surface area contributed by atoms with Crippen LogP contribution in [0, 0.1) is 5.41 Å². The van der Waals surface area contributed by atoms with E-state index >= 15 is 0 Å². The summed E-state index contributed by atoms with van der Waals surface area (Å²) in [4.78, 5) is 27.7. The van der Waals surface area contributed by atoms with Crippen molar-refractivity contribution < 1.29 is 9.53 Å². The Morgan fingerprint density at radius 1 is 1.25 bits per heavy atom. The lowest BCUT2D eigenvalue weighted by Gasteiger charge is -2.39. The predicted molar refractivity (Wildman–Crippen MR) is 107 cm³/mol. The fourth-order valence-corrected chi connectivity index (χ4v) is 4.58. The van der Waals surface area contributed by atoms with Crippen LogP contribution in [-0.4, -0.2) is 46.7 Å². The molecular formula is C17H20ClN7O2S. The maximum atomic E-state index is 12.1. The van der Waals surface area contributed by atoms with Crippen molar-refractivity contribution >= 4 is 46.8 Å². The number of rotatable bonds is 3. The first-order valence-corrected chi connectivity index (χ1v) is 9.98. The Morgan fingerprint density at radius 2 is 2.00 bits per heavy atom. The van der Waals surface area contributed by atoms with Gasteiger partial charge >= 0.3 is 5.97 Å². The maximum absolute atomic E-state index is 12.1. The highest BCUT2D eigenvalue weighted by atomic mass is 35.5. The number of carbonyl (C=O) groups is 1. The number of piperidine rings is 1. The Labute approximate surface area is 171 Å². The number of cyclic esters (lactones) is 1. The molecule has 1 unspecified atom stereocenters. The highest BCUT2D eigenvalue weighted by Gasteiger charge is 2.52. The molecule has 11 heteroatoms. The molecule has 0 radical (unpaired) electrons. The number of ether oxygens (including phenoxy) is 1. The zero-order valence-electron chi connectivity index (χ0n) is 15.0. The van der Waals surface area contributed by atoms with E-state index in [0.717, 1.165) is 0 Å². The number of nitrogens with two attached hydrogens (primary N) is 3. The smallest absolute Gasteiger partial charge is 0.313 e. The van der Waals surface area contributed by atoms with E-state index in [1.54, 1.807) is 18.5 Å². The molecule has 28 heavy (non-hydrogen) atoms. The van der Waals surface area contributed by atoms with Crippen molar-refractivity contribution in [3.63, 3.8) is 0 Å². The molecule has 1 spiro atoms. The molecule has 148 valence electrons. The minimum absolute atomic E-state index is 0.189. The van der Waals surface area contributed by atoms with Crippen LogP contribution >= 0.6 is 23.4 Å². The van der Waals surface area contributed by atoms with E-state index in [0.29, 0.717) is 59.1 Å². The lowest BCUT2D eigenvalue weighted by molar-refractivity contribution is -0.147. The van der Waals surface area contributed by atoms with Crippen molar-refractivity contribution in [1.29, 1.82) is 0 Å². The van der Waals surface area contributed by atoms with E-state index in [1.165, 1.54) is 11.8 Å². The van der Waals surface area contributed by atoms with Crippen LogP contribution in [-0.2, 0) is 9.53 Å². The molecule has 4 rings (SSSR count). The lowest BCUT2D eigenvalue weighted by atomic mass is 9.74. The molecule has 0 saturated carbocycles. The normalized spacial score (nSPS) is 21.1. The van der Waals surface area contributed by atoms with Crippen LogP contribution in [0.1, 0.15) is 12.8 Å². The Hall–Kier alpha value is -2.30. The van der Waals surface area contributed by atoms with Crippen molar-refractivity contribution in [2.75, 3.05) is 36.1 Å². The van der Waals surface area contributed by atoms with Gasteiger partial charge in [-0.2, -0.15) is 0 Å². The first-order chi connectivity index (χ1) is 13.4. The monoisotopic (exact) mass is 421 g/mol. The van der Waals surface area contributed by atoms with Crippen molar-refractivity contribution in [3.05, 3.63) is 23.5 Å². The summed E-state index contributed by atoms with van der Waals surface area (Å²) in [6, 6.07) is 1.49. The fraction of sp³-hybridized carbons (Fsp3) is 0.412. The number of hydrogen-bond donors (Lipinski definition) is 3. The third-order valence-electron chi connectivity index (χ3n) is 5.33. The van der Waals surface area contributed by atoms with Gasteiger partial charge in [-0.3, -0.25) is 4.79 Å². The average Bonchev–Trinajstić information content (AvgIpc) is 2.96. The molecule has 0 bridgehead atoms. The van der Waals surface area contributed by atoms with Crippen LogP contribution in [0.25, 0.3) is 0 Å². The summed E-state index contributed by atoms with van der Waals surface area (Å²) in [6.45, 7) is 1.56. The number of aromatic nitrogens is 3. The number of nitrogen functional groups attached to an aromatic ring is 2. The molecule has 2 aromatic rings. The Bertz CT molecular complexity index is 920. The summed E-state index contributed by atoms with van der Waals surface area (Å²) >= 11 is 7.46. The predicted octanol–water partition coefficient (Wildman–Crippen LogP) is 1.31. The number of esters is 1. The summed E-state index contributed by atoms with van der Waals surface area (Å²) in [7, 11) is 0. The maximum Gasteiger partial charge on any atom is 0.313 e. The van der Waals surface area contributed by atoms with Crippen molar-refractivity contribution in [1.82, 2.24) is 15.0 Å². The summed E-state index contributed by atoms with van der Waals surface area (Å²) in [6.07, 6.45) is 4.49. The standard InChI is InChI=1S/C17H20ClN7O2S/c18-12-9(1-4-22-13(12)20)28-15-14(21)24-11(7-23-15)25-5-2-17(3-6-25)10(19)8-27-16(17)26/h1,4,7,10H,2-3,5-6,8,19H2,(H2,20,22)(H2,21,24). The number of hydrogen-bond acceptors (Lipinski definition) is 10. The molecule has 2 aliphatic heterocycles. The number of nitrogens with zero attached hydrogens (tertiary/aromatic N) is 4. The van der Waals surface area contributed by atoms with Gasteiger partial charge in [0.15, 0.2) is 5.82 Å². The zero-order chi connectivity index (χ0) is 19.9. The van der Waals surface area contributed by atoms with Crippen LogP contribution in [0.2, 0.25) is 5.02 Å². The van der Waals surface area contributed by atoms with Crippen LogP contribution < -0.4 is 22.1 Å². The minimum atomic E-state index is -0.580. The van der Waals surface area contributed by atoms with E-state index in [2.05, 4.69) is 19.9 Å². The average molecular weight is 422 g/mol. The molecule has 0 amide bonds. The molecule has 9 nitrogen and oxygen atoms in total. The van der Waals surface area contributed by atoms with Gasteiger partial charge in [-0.15, -0.1) is 0 Å². The Kier molecular flexibility index (Phi) is 4.94. The van der Waals surface area contributed by atoms with Crippen molar-refractivity contribution in [2.24, 2.45) is 11.1 Å². The third kappa shape index (κ3) is 3.21. The first kappa shape index (κ1) is 19.0. The van der Waals surface area contributed by atoms with Crippen LogP contribution in [0.15, 0.2) is 28.4 Å². The van der Waals surface area contributed by atoms with Crippen LogP contribution in [0.3, 0.4) is 0 Å². The van der Waals surface area contributed by atoms with Gasteiger partial charge in [0, 0.05) is 24.2 Å². The number of halogens is 1. The topological polar surface area (TPSA) is 146 Å². The van der Waals surface area contributed by atoms with Crippen molar-refractivity contribution in [2.45, 2.75) is 28.8 Å². The van der Waals surface area contributed by atoms with E-state index in [-0.39, 0.29) is 17.8 Å². The molecule has 0 aromatic carbocycles. The largest absolute Gasteiger partial charge is 0.464 e. The van der Waals surface area contributed by atoms with Gasteiger partial charge in [-0.1, -0.05) is 23.4 Å². The number of anilines is 3. The zero-order valence-corrected chi connectivity index (χ0v) is 16.5. The minimum Gasteiger partial charge on any atom is -0.464 e. The van der Waals surface area contributed by atoms with Gasteiger partial charge in [-0.05, 0) is 18.9 Å². The second-order valence-electron chi connectivity index (χ2n) is 6.88. The van der Waals surface area contributed by atoms with Crippen LogP contribution in [0.4, 0.5) is 17.5 Å². The second kappa shape index (κ2) is 7.26. The summed E-state index contributed by atoms with van der Waals surface area (Å²) in [5.41, 5.74) is 17.4. The van der Waals surface area contributed by atoms with Gasteiger partial charge in [0.25, 0.3) is 0 Å². The Morgan fingerprint density at radius 3 is 2.64 bits per heavy atom. The second-order valence-corrected chi connectivity index (χ2v) is 8.29. The number of carbonyl (C=O) groups excluding carboxylic acids is 1. The molecule has 2 aromatic heterocycles. The number of pyridine rings is 1. The molecule has 4 heterocycles. The third-order valence-corrected chi connectivity index (χ3v) is 6.91. The lowest BCUT2D eigenvalue weighted by Crippen LogP contribution is -2.51. The van der Waals surface area contributed by atoms with E-state index in [1.807, 2.05) is 0 Å². The molecule has 6 N–H and O–H groups in total.